The van der Waals surface area contributed by atoms with Crippen molar-refractivity contribution in [2.75, 3.05) is 26.2 Å². The fraction of sp³-hybridized carbons (Fsp3) is 1.00. The first kappa shape index (κ1) is 13.4. The molecule has 17 heavy (non-hydrogen) atoms. The molecule has 1 saturated heterocycles. The monoisotopic (exact) mass is 238 g/mol. The highest BCUT2D eigenvalue weighted by molar-refractivity contribution is 4.81. The van der Waals surface area contributed by atoms with Crippen LogP contribution in [0.15, 0.2) is 0 Å². The molecule has 2 aliphatic rings. The van der Waals surface area contributed by atoms with Gasteiger partial charge in [-0.05, 0) is 63.6 Å². The van der Waals surface area contributed by atoms with Crippen molar-refractivity contribution in [2.24, 2.45) is 5.41 Å². The van der Waals surface area contributed by atoms with Crippen molar-refractivity contribution in [2.45, 2.75) is 64.8 Å². The first-order chi connectivity index (χ1) is 8.16. The van der Waals surface area contributed by atoms with E-state index in [4.69, 9.17) is 0 Å². The second-order valence-corrected chi connectivity index (χ2v) is 6.83. The fourth-order valence-electron chi connectivity index (χ4n) is 2.97. The van der Waals surface area contributed by atoms with Crippen LogP contribution < -0.4 is 5.32 Å². The van der Waals surface area contributed by atoms with Crippen LogP contribution in [-0.4, -0.2) is 37.1 Å². The quantitative estimate of drug-likeness (QED) is 0.686. The van der Waals surface area contributed by atoms with E-state index in [9.17, 15) is 0 Å². The molecule has 2 fully saturated rings. The van der Waals surface area contributed by atoms with Crippen molar-refractivity contribution >= 4 is 0 Å². The van der Waals surface area contributed by atoms with Crippen molar-refractivity contribution in [3.05, 3.63) is 0 Å². The smallest absolute Gasteiger partial charge is 0.00682 e. The zero-order chi connectivity index (χ0) is 12.1. The number of likely N-dealkylation sites (tertiary alicyclic amines) is 1. The molecule has 0 atom stereocenters. The third-order valence-electron chi connectivity index (χ3n) is 4.14. The molecule has 1 N–H and O–H groups in total. The molecular formula is C15H30N2. The van der Waals surface area contributed by atoms with Gasteiger partial charge in [-0.25, -0.2) is 0 Å². The molecule has 0 aromatic heterocycles. The number of unbranched alkanes of at least 4 members (excludes halogenated alkanes) is 2. The molecule has 0 aromatic carbocycles. The van der Waals surface area contributed by atoms with Crippen LogP contribution in [0.3, 0.4) is 0 Å². The van der Waals surface area contributed by atoms with Gasteiger partial charge in [-0.15, -0.1) is 0 Å². The number of nitrogens with one attached hydrogen (secondary N) is 1. The van der Waals surface area contributed by atoms with Gasteiger partial charge in [0.2, 0.25) is 0 Å². The molecule has 1 aliphatic carbocycles. The molecular weight excluding hydrogens is 208 g/mol. The summed E-state index contributed by atoms with van der Waals surface area (Å²) in [6.07, 6.45) is 9.81. The molecule has 1 heterocycles. The number of piperidine rings is 1. The Labute approximate surface area is 107 Å². The van der Waals surface area contributed by atoms with Gasteiger partial charge < -0.3 is 10.2 Å². The average molecular weight is 238 g/mol. The summed E-state index contributed by atoms with van der Waals surface area (Å²) in [7, 11) is 0. The first-order valence-corrected chi connectivity index (χ1v) is 7.61. The maximum Gasteiger partial charge on any atom is 0.00682 e. The SMILES string of the molecule is CC1(C)CCCN(CCCCCNC2CC2)C1. The Balaban J connectivity index is 1.46. The van der Waals surface area contributed by atoms with Gasteiger partial charge in [-0.1, -0.05) is 20.3 Å². The van der Waals surface area contributed by atoms with Gasteiger partial charge in [0, 0.05) is 12.6 Å². The van der Waals surface area contributed by atoms with E-state index in [2.05, 4.69) is 24.1 Å². The van der Waals surface area contributed by atoms with Gasteiger partial charge in [-0.3, -0.25) is 0 Å². The van der Waals surface area contributed by atoms with E-state index >= 15 is 0 Å². The third kappa shape index (κ3) is 5.39. The fourth-order valence-corrected chi connectivity index (χ4v) is 2.97. The summed E-state index contributed by atoms with van der Waals surface area (Å²) in [5, 5.41) is 3.59. The maximum atomic E-state index is 3.59. The van der Waals surface area contributed by atoms with E-state index in [1.165, 1.54) is 71.1 Å². The second kappa shape index (κ2) is 6.19. The molecule has 0 bridgehead atoms. The summed E-state index contributed by atoms with van der Waals surface area (Å²) in [4.78, 5) is 2.68. The molecule has 0 radical (unpaired) electrons. The molecule has 1 aliphatic heterocycles. The van der Waals surface area contributed by atoms with Crippen LogP contribution in [0.4, 0.5) is 0 Å². The molecule has 1 saturated carbocycles. The lowest BCUT2D eigenvalue weighted by Gasteiger charge is -2.38. The minimum atomic E-state index is 0.561. The van der Waals surface area contributed by atoms with E-state index in [0.717, 1.165) is 6.04 Å². The second-order valence-electron chi connectivity index (χ2n) is 6.83. The van der Waals surface area contributed by atoms with Gasteiger partial charge in [0.05, 0.1) is 0 Å². The Bertz CT molecular complexity index is 221. The van der Waals surface area contributed by atoms with E-state index in [-0.39, 0.29) is 0 Å². The Morgan fingerprint density at radius 2 is 2.00 bits per heavy atom. The molecule has 2 heteroatoms. The molecule has 2 nitrogen and oxygen atoms in total. The zero-order valence-electron chi connectivity index (χ0n) is 11.8. The van der Waals surface area contributed by atoms with Gasteiger partial charge in [-0.2, -0.15) is 0 Å². The predicted molar refractivity (Wildman–Crippen MR) is 74.3 cm³/mol. The Morgan fingerprint density at radius 3 is 2.71 bits per heavy atom. The van der Waals surface area contributed by atoms with Crippen molar-refractivity contribution in [1.82, 2.24) is 10.2 Å². The summed E-state index contributed by atoms with van der Waals surface area (Å²) in [6.45, 7) is 10.1. The van der Waals surface area contributed by atoms with Crippen molar-refractivity contribution in [1.29, 1.82) is 0 Å². The molecule has 0 amide bonds. The van der Waals surface area contributed by atoms with Gasteiger partial charge in [0.1, 0.15) is 0 Å². The Hall–Kier alpha value is -0.0800. The summed E-state index contributed by atoms with van der Waals surface area (Å²) < 4.78 is 0. The molecule has 0 aromatic rings. The van der Waals surface area contributed by atoms with E-state index in [0.29, 0.717) is 5.41 Å². The van der Waals surface area contributed by atoms with Crippen LogP contribution in [0.25, 0.3) is 0 Å². The maximum absolute atomic E-state index is 3.59. The average Bonchev–Trinajstić information content (AvgIpc) is 3.05. The Kier molecular flexibility index (Phi) is 4.87. The summed E-state index contributed by atoms with van der Waals surface area (Å²) in [5.74, 6) is 0. The van der Waals surface area contributed by atoms with E-state index < -0.39 is 0 Å². The first-order valence-electron chi connectivity index (χ1n) is 7.61. The highest BCUT2D eigenvalue weighted by atomic mass is 15.1. The summed E-state index contributed by atoms with van der Waals surface area (Å²) >= 11 is 0. The van der Waals surface area contributed by atoms with Crippen LogP contribution in [0, 0.1) is 5.41 Å². The summed E-state index contributed by atoms with van der Waals surface area (Å²) in [6, 6.07) is 0.887. The van der Waals surface area contributed by atoms with Gasteiger partial charge in [0.25, 0.3) is 0 Å². The van der Waals surface area contributed by atoms with Crippen molar-refractivity contribution in [3.8, 4) is 0 Å². The van der Waals surface area contributed by atoms with E-state index in [1.807, 2.05) is 0 Å². The number of hydrogen-bond donors (Lipinski definition) is 1. The van der Waals surface area contributed by atoms with Crippen LogP contribution in [0.1, 0.15) is 58.8 Å². The minimum Gasteiger partial charge on any atom is -0.314 e. The minimum absolute atomic E-state index is 0.561. The number of rotatable bonds is 7. The van der Waals surface area contributed by atoms with Crippen molar-refractivity contribution < 1.29 is 0 Å². The number of nitrogens with zero attached hydrogens (tertiary/aromatic N) is 1. The Morgan fingerprint density at radius 1 is 1.18 bits per heavy atom. The normalized spacial score (nSPS) is 25.1. The largest absolute Gasteiger partial charge is 0.314 e. The van der Waals surface area contributed by atoms with E-state index in [1.54, 1.807) is 0 Å². The van der Waals surface area contributed by atoms with Crippen LogP contribution in [0.5, 0.6) is 0 Å². The molecule has 2 rings (SSSR count). The highest BCUT2D eigenvalue weighted by Crippen LogP contribution is 2.28. The van der Waals surface area contributed by atoms with Gasteiger partial charge >= 0.3 is 0 Å². The van der Waals surface area contributed by atoms with Crippen molar-refractivity contribution in [3.63, 3.8) is 0 Å². The zero-order valence-corrected chi connectivity index (χ0v) is 11.8. The van der Waals surface area contributed by atoms with Crippen LogP contribution >= 0.6 is 0 Å². The molecule has 0 spiro atoms. The topological polar surface area (TPSA) is 15.3 Å². The lowest BCUT2D eigenvalue weighted by atomic mass is 9.84. The standard InChI is InChI=1S/C15H30N2/c1-15(2)9-6-12-17(13-15)11-5-3-4-10-16-14-7-8-14/h14,16H,3-13H2,1-2H3. The molecule has 0 unspecified atom stereocenters. The number of hydrogen-bond acceptors (Lipinski definition) is 2. The highest BCUT2D eigenvalue weighted by Gasteiger charge is 2.25. The lowest BCUT2D eigenvalue weighted by Crippen LogP contribution is -2.40. The predicted octanol–water partition coefficient (Wildman–Crippen LogP) is 3.03. The third-order valence-corrected chi connectivity index (χ3v) is 4.14. The van der Waals surface area contributed by atoms with Gasteiger partial charge in [0.15, 0.2) is 0 Å². The molecule has 100 valence electrons. The van der Waals surface area contributed by atoms with Crippen LogP contribution in [0.2, 0.25) is 0 Å². The summed E-state index contributed by atoms with van der Waals surface area (Å²) in [5.41, 5.74) is 0.561. The lowest BCUT2D eigenvalue weighted by molar-refractivity contribution is 0.116. The van der Waals surface area contributed by atoms with Crippen LogP contribution in [-0.2, 0) is 0 Å².